The van der Waals surface area contributed by atoms with Crippen LogP contribution in [0.15, 0.2) is 66.6 Å². The van der Waals surface area contributed by atoms with Crippen molar-refractivity contribution >= 4 is 46.5 Å². The number of urea groups is 1. The first kappa shape index (κ1) is 29.1. The number of rotatable bonds is 9. The van der Waals surface area contributed by atoms with E-state index in [4.69, 9.17) is 17.3 Å². The largest absolute Gasteiger partial charge is 0.503 e. The van der Waals surface area contributed by atoms with Crippen LogP contribution in [0.25, 0.3) is 0 Å². The van der Waals surface area contributed by atoms with Crippen molar-refractivity contribution in [3.8, 4) is 5.75 Å². The van der Waals surface area contributed by atoms with E-state index in [0.717, 1.165) is 30.5 Å². The molecule has 0 saturated heterocycles. The number of nitrogens with two attached hydrogens (primary N) is 1. The van der Waals surface area contributed by atoms with E-state index in [2.05, 4.69) is 31.2 Å². The van der Waals surface area contributed by atoms with E-state index in [9.17, 15) is 23.1 Å². The first-order valence-electron chi connectivity index (χ1n) is 11.7. The fourth-order valence-electron chi connectivity index (χ4n) is 3.30. The lowest BCUT2D eigenvalue weighted by Crippen LogP contribution is -2.20. The van der Waals surface area contributed by atoms with Gasteiger partial charge in [-0.3, -0.25) is 0 Å². The van der Waals surface area contributed by atoms with Gasteiger partial charge < -0.3 is 32.1 Å². The number of amides is 2. The van der Waals surface area contributed by atoms with Crippen molar-refractivity contribution in [2.24, 2.45) is 5.73 Å². The first-order chi connectivity index (χ1) is 18.5. The lowest BCUT2D eigenvalue weighted by Gasteiger charge is -2.14. The van der Waals surface area contributed by atoms with Crippen molar-refractivity contribution in [1.82, 2.24) is 9.97 Å². The second kappa shape index (κ2) is 12.9. The van der Waals surface area contributed by atoms with Crippen LogP contribution in [0.4, 0.5) is 46.8 Å². The number of nitrogens with one attached hydrogen (secondary N) is 4. The number of aromatic nitrogens is 2. The van der Waals surface area contributed by atoms with Crippen LogP contribution in [-0.4, -0.2) is 21.1 Å². The third-order valence-electron chi connectivity index (χ3n) is 5.23. The number of alkyl halides is 3. The topological polar surface area (TPSA) is 137 Å². The summed E-state index contributed by atoms with van der Waals surface area (Å²) >= 11 is 5.63. The van der Waals surface area contributed by atoms with Gasteiger partial charge in [0.05, 0.1) is 16.8 Å². The summed E-state index contributed by atoms with van der Waals surface area (Å²) in [6.45, 7) is 3.84. The van der Waals surface area contributed by atoms with E-state index in [1.165, 1.54) is 18.5 Å². The molecule has 0 aliphatic rings. The fourth-order valence-corrected chi connectivity index (χ4v) is 3.52. The highest BCUT2D eigenvalue weighted by Crippen LogP contribution is 2.36. The number of halogens is 4. The maximum Gasteiger partial charge on any atom is 0.417 e. The predicted molar refractivity (Wildman–Crippen MR) is 147 cm³/mol. The minimum Gasteiger partial charge on any atom is -0.503 e. The third-order valence-corrected chi connectivity index (χ3v) is 5.56. The Balaban J connectivity index is 1.75. The van der Waals surface area contributed by atoms with Crippen LogP contribution in [0.2, 0.25) is 5.02 Å². The number of aryl methyl sites for hydroxylation is 1. The summed E-state index contributed by atoms with van der Waals surface area (Å²) in [6.07, 6.45) is 3.20. The Morgan fingerprint density at radius 3 is 2.49 bits per heavy atom. The molecule has 1 heterocycles. The highest BCUT2D eigenvalue weighted by Gasteiger charge is 2.33. The summed E-state index contributed by atoms with van der Waals surface area (Å²) in [5, 5.41) is 20.7. The zero-order valence-corrected chi connectivity index (χ0v) is 21.8. The molecule has 3 rings (SSSR count). The first-order valence-corrected chi connectivity index (χ1v) is 12.1. The molecule has 2 aromatic carbocycles. The number of hydrogen-bond acceptors (Lipinski definition) is 7. The second-order valence-corrected chi connectivity index (χ2v) is 8.69. The number of unbranched alkanes of at least 4 members (excludes halogenated alkanes) is 1. The Morgan fingerprint density at radius 2 is 1.82 bits per heavy atom. The van der Waals surface area contributed by atoms with Gasteiger partial charge in [0.25, 0.3) is 0 Å². The van der Waals surface area contributed by atoms with E-state index >= 15 is 0 Å². The number of anilines is 5. The van der Waals surface area contributed by atoms with Gasteiger partial charge in [-0.2, -0.15) is 18.2 Å². The quantitative estimate of drug-likeness (QED) is 0.153. The van der Waals surface area contributed by atoms with Crippen LogP contribution in [0.3, 0.4) is 0 Å². The van der Waals surface area contributed by atoms with Gasteiger partial charge in [-0.1, -0.05) is 37.1 Å². The molecule has 0 aliphatic carbocycles. The van der Waals surface area contributed by atoms with Crippen molar-refractivity contribution in [2.45, 2.75) is 32.9 Å². The molecule has 9 nitrogen and oxygen atoms in total. The maximum atomic E-state index is 13.1. The summed E-state index contributed by atoms with van der Waals surface area (Å²) in [7, 11) is 0. The molecule has 0 atom stereocenters. The number of aromatic hydroxyl groups is 1. The van der Waals surface area contributed by atoms with Crippen molar-refractivity contribution in [1.29, 1.82) is 0 Å². The van der Waals surface area contributed by atoms with Crippen molar-refractivity contribution in [2.75, 3.05) is 21.3 Å². The molecule has 0 fully saturated rings. The van der Waals surface area contributed by atoms with Crippen molar-refractivity contribution in [3.63, 3.8) is 0 Å². The average molecular weight is 562 g/mol. The summed E-state index contributed by atoms with van der Waals surface area (Å²) in [5.74, 6) is 0.140. The predicted octanol–water partition coefficient (Wildman–Crippen LogP) is 7.12. The van der Waals surface area contributed by atoms with Crippen molar-refractivity contribution < 1.29 is 23.1 Å². The second-order valence-electron chi connectivity index (χ2n) is 8.29. The molecule has 0 radical (unpaired) electrons. The number of benzene rings is 2. The Kier molecular flexibility index (Phi) is 9.61. The van der Waals surface area contributed by atoms with E-state index in [-0.39, 0.29) is 23.2 Å². The molecule has 0 unspecified atom stereocenters. The molecule has 0 saturated carbocycles. The van der Waals surface area contributed by atoms with Crippen LogP contribution in [0.1, 0.15) is 30.9 Å². The van der Waals surface area contributed by atoms with Gasteiger partial charge >= 0.3 is 12.2 Å². The van der Waals surface area contributed by atoms with Gasteiger partial charge in [0.1, 0.15) is 0 Å². The lowest BCUT2D eigenvalue weighted by atomic mass is 10.2. The number of nitrogens with zero attached hydrogens (tertiary/aromatic N) is 2. The van der Waals surface area contributed by atoms with E-state index < -0.39 is 22.8 Å². The van der Waals surface area contributed by atoms with E-state index in [1.54, 1.807) is 24.3 Å². The smallest absolute Gasteiger partial charge is 0.417 e. The summed E-state index contributed by atoms with van der Waals surface area (Å²) < 4.78 is 39.3. The fraction of sp³-hybridized carbons (Fsp3) is 0.192. The number of allylic oxidation sites excluding steroid dienone is 2. The average Bonchev–Trinajstić information content (AvgIpc) is 2.87. The van der Waals surface area contributed by atoms with Gasteiger partial charge in [0, 0.05) is 22.8 Å². The molecule has 1 aromatic heterocycles. The Hall–Kier alpha value is -4.45. The molecule has 0 spiro atoms. The number of carbonyl (C=O) groups excluding carboxylic acids is 1. The number of hydrogen-bond donors (Lipinski definition) is 6. The molecule has 206 valence electrons. The molecule has 0 bridgehead atoms. The Morgan fingerprint density at radius 1 is 1.13 bits per heavy atom. The molecule has 3 aromatic rings. The van der Waals surface area contributed by atoms with Gasteiger partial charge in [-0.25, -0.2) is 9.78 Å². The van der Waals surface area contributed by atoms with E-state index in [0.29, 0.717) is 17.1 Å². The van der Waals surface area contributed by atoms with Gasteiger partial charge in [0.2, 0.25) is 5.95 Å². The summed E-state index contributed by atoms with van der Waals surface area (Å²) in [6, 6.07) is 7.27. The van der Waals surface area contributed by atoms with Gasteiger partial charge in [0.15, 0.2) is 11.6 Å². The molecular formula is C26H27ClF3N7O2. The highest BCUT2D eigenvalue weighted by molar-refractivity contribution is 6.31. The maximum absolute atomic E-state index is 13.1. The van der Waals surface area contributed by atoms with Gasteiger partial charge in [-0.15, -0.1) is 0 Å². The highest BCUT2D eigenvalue weighted by atomic mass is 35.5. The van der Waals surface area contributed by atoms with Crippen LogP contribution in [-0.2, 0) is 6.18 Å². The lowest BCUT2D eigenvalue weighted by molar-refractivity contribution is -0.137. The Labute approximate surface area is 228 Å². The minimum absolute atomic E-state index is 0.0796. The number of carbonyl (C=O) groups is 1. The molecule has 2 amide bonds. The summed E-state index contributed by atoms with van der Waals surface area (Å²) in [5.41, 5.74) is 6.70. The summed E-state index contributed by atoms with van der Waals surface area (Å²) in [4.78, 5) is 20.9. The third kappa shape index (κ3) is 8.27. The van der Waals surface area contributed by atoms with Crippen LogP contribution < -0.4 is 27.0 Å². The molecule has 13 heteroatoms. The molecule has 0 aliphatic heterocycles. The zero-order chi connectivity index (χ0) is 28.6. The molecule has 7 N–H and O–H groups in total. The zero-order valence-electron chi connectivity index (χ0n) is 21.0. The standard InChI is InChI=1S/C26H27ClF3N7O2/c1-3-4-5-16(10-11-31)33-23-22(38)14-32-24(37-23)36-21-13-18(7-6-15(21)2)35-25(39)34-17-8-9-20(27)19(12-17)26(28,29)30/h5-14,38H,3-4,31H2,1-2H3,(H2,34,35,39)(H2,32,33,36,37)/b11-10-,16-5-. The molecule has 39 heavy (non-hydrogen) atoms. The minimum atomic E-state index is -4.66. The van der Waals surface area contributed by atoms with Crippen LogP contribution in [0, 0.1) is 6.92 Å². The van der Waals surface area contributed by atoms with Crippen LogP contribution in [0.5, 0.6) is 5.75 Å². The Bertz CT molecular complexity index is 1390. The molecular weight excluding hydrogens is 535 g/mol. The van der Waals surface area contributed by atoms with E-state index in [1.807, 2.05) is 19.9 Å². The normalized spacial score (nSPS) is 11.9. The van der Waals surface area contributed by atoms with Gasteiger partial charge in [-0.05, 0) is 61.5 Å². The van der Waals surface area contributed by atoms with Crippen LogP contribution >= 0.6 is 11.6 Å². The monoisotopic (exact) mass is 561 g/mol. The SMILES string of the molecule is CCC/C=C(/C=C\N)Nc1nc(Nc2cc(NC(=O)Nc3ccc(Cl)c(C(F)(F)F)c3)ccc2C)ncc1O. The van der Waals surface area contributed by atoms with Crippen molar-refractivity contribution in [3.05, 3.63) is 82.8 Å².